The number of rotatable bonds is 5. The first kappa shape index (κ1) is 16.4. The van der Waals surface area contributed by atoms with Gasteiger partial charge in [0.25, 0.3) is 0 Å². The maximum atomic E-state index is 10.9. The molecule has 0 bridgehead atoms. The second-order valence-corrected chi connectivity index (χ2v) is 7.75. The predicted octanol–water partition coefficient (Wildman–Crippen LogP) is 4.67. The number of aryl methyl sites for hydroxylation is 1. The van der Waals surface area contributed by atoms with Gasteiger partial charge in [0.05, 0.1) is 4.34 Å². The van der Waals surface area contributed by atoms with Crippen molar-refractivity contribution in [3.63, 3.8) is 0 Å². The van der Waals surface area contributed by atoms with E-state index in [-0.39, 0.29) is 0 Å². The van der Waals surface area contributed by atoms with Gasteiger partial charge >= 0.3 is 0 Å². The Morgan fingerprint density at radius 3 is 2.96 bits per heavy atom. The smallest absolute Gasteiger partial charge is 0.146 e. The van der Waals surface area contributed by atoms with Crippen LogP contribution in [0.15, 0.2) is 42.5 Å². The molecule has 2 heterocycles. The Labute approximate surface area is 146 Å². The average Bonchev–Trinajstić information content (AvgIpc) is 2.94. The van der Waals surface area contributed by atoms with Gasteiger partial charge < -0.3 is 0 Å². The van der Waals surface area contributed by atoms with E-state index < -0.39 is 0 Å². The van der Waals surface area contributed by atoms with Crippen LogP contribution in [0.3, 0.4) is 0 Å². The quantitative estimate of drug-likeness (QED) is 0.580. The molecule has 1 aliphatic rings. The number of fused-ring (bicyclic) bond motifs is 1. The Balaban J connectivity index is 2.00. The lowest BCUT2D eigenvalue weighted by Gasteiger charge is -2.34. The number of hydrogen-bond donors (Lipinski definition) is 0. The van der Waals surface area contributed by atoms with Gasteiger partial charge in [0.2, 0.25) is 0 Å². The summed E-state index contributed by atoms with van der Waals surface area (Å²) in [6.07, 6.45) is 1.87. The monoisotopic (exact) mass is 345 g/mol. The fraction of sp³-hybridized carbons (Fsp3) is 0.316. The zero-order chi connectivity index (χ0) is 16.4. The summed E-state index contributed by atoms with van der Waals surface area (Å²) in [6.45, 7) is 8.36. The Kier molecular flexibility index (Phi) is 5.00. The van der Waals surface area contributed by atoms with Gasteiger partial charge in [-0.15, -0.1) is 11.3 Å². The van der Waals surface area contributed by atoms with E-state index in [1.54, 1.807) is 11.3 Å². The highest BCUT2D eigenvalue weighted by atomic mass is 35.5. The third kappa shape index (κ3) is 3.42. The molecule has 0 radical (unpaired) electrons. The maximum Gasteiger partial charge on any atom is 0.146 e. The summed E-state index contributed by atoms with van der Waals surface area (Å²) in [6, 6.07) is 10.7. The lowest BCUT2D eigenvalue weighted by molar-refractivity contribution is -0.105. The summed E-state index contributed by atoms with van der Waals surface area (Å²) in [5.41, 5.74) is 4.71. The van der Waals surface area contributed by atoms with E-state index in [0.717, 1.165) is 30.1 Å². The summed E-state index contributed by atoms with van der Waals surface area (Å²) in [4.78, 5) is 14.5. The second-order valence-electron chi connectivity index (χ2n) is 5.98. The van der Waals surface area contributed by atoms with Gasteiger partial charge in [-0.2, -0.15) is 0 Å². The first-order chi connectivity index (χ1) is 11.1. The molecule has 1 aliphatic heterocycles. The fourth-order valence-electron chi connectivity index (χ4n) is 3.36. The number of nitrogens with zero attached hydrogens (tertiary/aromatic N) is 1. The van der Waals surface area contributed by atoms with Gasteiger partial charge in [0, 0.05) is 30.4 Å². The number of carbonyl (C=O) groups excluding carboxylic acids is 1. The predicted molar refractivity (Wildman–Crippen MR) is 97.5 cm³/mol. The van der Waals surface area contributed by atoms with E-state index in [4.69, 9.17) is 11.6 Å². The lowest BCUT2D eigenvalue weighted by Crippen LogP contribution is -2.35. The molecule has 3 rings (SSSR count). The number of halogens is 1. The van der Waals surface area contributed by atoms with E-state index in [9.17, 15) is 4.79 Å². The van der Waals surface area contributed by atoms with Crippen molar-refractivity contribution in [1.82, 2.24) is 4.90 Å². The van der Waals surface area contributed by atoms with Crippen molar-refractivity contribution in [3.05, 3.63) is 68.4 Å². The van der Waals surface area contributed by atoms with Crippen LogP contribution in [0.5, 0.6) is 0 Å². The van der Waals surface area contributed by atoms with E-state index in [1.165, 1.54) is 21.6 Å². The van der Waals surface area contributed by atoms with Crippen LogP contribution < -0.4 is 0 Å². The third-order valence-corrected chi connectivity index (χ3v) is 5.66. The highest BCUT2D eigenvalue weighted by Crippen LogP contribution is 2.41. The van der Waals surface area contributed by atoms with Crippen molar-refractivity contribution in [2.75, 3.05) is 13.1 Å². The van der Waals surface area contributed by atoms with Crippen molar-refractivity contribution < 1.29 is 4.79 Å². The van der Waals surface area contributed by atoms with Crippen molar-refractivity contribution >= 4 is 29.2 Å². The molecule has 0 fully saturated rings. The van der Waals surface area contributed by atoms with Gasteiger partial charge in [-0.3, -0.25) is 9.69 Å². The van der Waals surface area contributed by atoms with Crippen LogP contribution in [0, 0.1) is 0 Å². The molecule has 0 saturated carbocycles. The van der Waals surface area contributed by atoms with Crippen molar-refractivity contribution in [3.8, 4) is 0 Å². The SMILES string of the molecule is C=C(C=O)CN1Cc2sc(Cl)cc2[C@@H](c2ccccc2CC)C1. The van der Waals surface area contributed by atoms with Crippen molar-refractivity contribution in [2.24, 2.45) is 0 Å². The molecule has 0 amide bonds. The molecule has 0 spiro atoms. The first-order valence-corrected chi connectivity index (χ1v) is 9.03. The van der Waals surface area contributed by atoms with Crippen molar-refractivity contribution in [1.29, 1.82) is 0 Å². The summed E-state index contributed by atoms with van der Waals surface area (Å²) in [7, 11) is 0. The van der Waals surface area contributed by atoms with Crippen LogP contribution in [0.4, 0.5) is 0 Å². The number of aldehydes is 1. The number of thiophene rings is 1. The maximum absolute atomic E-state index is 10.9. The molecule has 0 aliphatic carbocycles. The minimum absolute atomic E-state index is 0.304. The highest BCUT2D eigenvalue weighted by Gasteiger charge is 2.29. The van der Waals surface area contributed by atoms with Crippen LogP contribution in [-0.4, -0.2) is 24.3 Å². The molecule has 0 unspecified atom stereocenters. The zero-order valence-electron chi connectivity index (χ0n) is 13.2. The van der Waals surface area contributed by atoms with Crippen LogP contribution in [0.1, 0.15) is 34.4 Å². The molecule has 120 valence electrons. The van der Waals surface area contributed by atoms with Crippen LogP contribution in [-0.2, 0) is 17.8 Å². The molecule has 2 aromatic rings. The Morgan fingerprint density at radius 2 is 2.22 bits per heavy atom. The summed E-state index contributed by atoms with van der Waals surface area (Å²) >= 11 is 7.93. The van der Waals surface area contributed by atoms with Gasteiger partial charge in [-0.25, -0.2) is 0 Å². The normalized spacial score (nSPS) is 17.7. The van der Waals surface area contributed by atoms with Gasteiger partial charge in [-0.05, 0) is 34.8 Å². The second kappa shape index (κ2) is 7.00. The zero-order valence-corrected chi connectivity index (χ0v) is 14.8. The van der Waals surface area contributed by atoms with E-state index in [2.05, 4.69) is 48.7 Å². The van der Waals surface area contributed by atoms with Crippen LogP contribution in [0.2, 0.25) is 4.34 Å². The molecular weight excluding hydrogens is 326 g/mol. The average molecular weight is 346 g/mol. The number of hydrogen-bond acceptors (Lipinski definition) is 3. The lowest BCUT2D eigenvalue weighted by atomic mass is 9.85. The molecule has 1 aromatic carbocycles. The molecule has 0 N–H and O–H groups in total. The van der Waals surface area contributed by atoms with Gasteiger partial charge in [0.15, 0.2) is 0 Å². The van der Waals surface area contributed by atoms with E-state index >= 15 is 0 Å². The van der Waals surface area contributed by atoms with E-state index in [0.29, 0.717) is 18.0 Å². The van der Waals surface area contributed by atoms with Gasteiger partial charge in [0.1, 0.15) is 6.29 Å². The highest BCUT2D eigenvalue weighted by molar-refractivity contribution is 7.16. The van der Waals surface area contributed by atoms with Crippen LogP contribution in [0.25, 0.3) is 0 Å². The summed E-state index contributed by atoms with van der Waals surface area (Å²) in [5, 5.41) is 0. The summed E-state index contributed by atoms with van der Waals surface area (Å²) in [5.74, 6) is 0.304. The molecule has 2 nitrogen and oxygen atoms in total. The van der Waals surface area contributed by atoms with Gasteiger partial charge in [-0.1, -0.05) is 49.4 Å². The minimum atomic E-state index is 0.304. The Bertz CT molecular complexity index is 737. The van der Waals surface area contributed by atoms with Crippen LogP contribution >= 0.6 is 22.9 Å². The molecule has 23 heavy (non-hydrogen) atoms. The third-order valence-electron chi connectivity index (χ3n) is 4.40. The molecule has 1 aromatic heterocycles. The standard InChI is InChI=1S/C19H20ClNOS/c1-3-14-6-4-5-7-15(14)17-10-21(9-13(2)12-22)11-18-16(17)8-19(20)23-18/h4-8,12,17H,2-3,9-11H2,1H3/t17-/m1/s1. The minimum Gasteiger partial charge on any atom is -0.298 e. The largest absolute Gasteiger partial charge is 0.298 e. The number of benzene rings is 1. The molecule has 0 saturated heterocycles. The molecular formula is C19H20ClNOS. The molecule has 4 heteroatoms. The van der Waals surface area contributed by atoms with Crippen molar-refractivity contribution in [2.45, 2.75) is 25.8 Å². The summed E-state index contributed by atoms with van der Waals surface area (Å²) < 4.78 is 0.838. The number of carbonyl (C=O) groups is 1. The Morgan fingerprint density at radius 1 is 1.43 bits per heavy atom. The topological polar surface area (TPSA) is 20.3 Å². The Hall–Kier alpha value is -1.42. The first-order valence-electron chi connectivity index (χ1n) is 7.83. The fourth-order valence-corrected chi connectivity index (χ4v) is 4.74. The molecule has 1 atom stereocenters. The van der Waals surface area contributed by atoms with E-state index in [1.807, 2.05) is 0 Å².